The summed E-state index contributed by atoms with van der Waals surface area (Å²) in [4.78, 5) is 14.2. The van der Waals surface area contributed by atoms with Crippen molar-refractivity contribution in [2.45, 2.75) is 26.7 Å². The highest BCUT2D eigenvalue weighted by atomic mass is 16.5. The van der Waals surface area contributed by atoms with Crippen LogP contribution in [-0.2, 0) is 0 Å². The molecule has 0 unspecified atom stereocenters. The van der Waals surface area contributed by atoms with Crippen LogP contribution < -0.4 is 4.74 Å². The molecule has 0 aliphatic rings. The summed E-state index contributed by atoms with van der Waals surface area (Å²) in [5.74, 6) is 0.827. The molecule has 90 valence electrons. The standard InChI is InChI=1S/C14H17NO2/c1-3-4-7-17-11-5-6-14-12(8-11)13(9-16)10(2)15-14/h5-6,8-9,15H,3-4,7H2,1-2H3. The average Bonchev–Trinajstić information content (AvgIpc) is 2.64. The maximum absolute atomic E-state index is 11.0. The van der Waals surface area contributed by atoms with Crippen molar-refractivity contribution in [1.82, 2.24) is 4.98 Å². The van der Waals surface area contributed by atoms with E-state index in [0.717, 1.165) is 53.6 Å². The molecule has 0 radical (unpaired) electrons. The van der Waals surface area contributed by atoms with E-state index in [0.29, 0.717) is 0 Å². The van der Waals surface area contributed by atoms with Gasteiger partial charge in [-0.15, -0.1) is 0 Å². The highest BCUT2D eigenvalue weighted by Gasteiger charge is 2.08. The highest BCUT2D eigenvalue weighted by Crippen LogP contribution is 2.25. The first-order valence-electron chi connectivity index (χ1n) is 5.96. The fourth-order valence-electron chi connectivity index (χ4n) is 1.90. The van der Waals surface area contributed by atoms with Gasteiger partial charge in [0, 0.05) is 22.2 Å². The Bertz CT molecular complexity index is 528. The van der Waals surface area contributed by atoms with Crippen molar-refractivity contribution in [3.63, 3.8) is 0 Å². The Morgan fingerprint density at radius 1 is 1.41 bits per heavy atom. The summed E-state index contributed by atoms with van der Waals surface area (Å²) in [6.45, 7) is 4.76. The van der Waals surface area contributed by atoms with E-state index in [1.807, 2.05) is 25.1 Å². The first kappa shape index (κ1) is 11.7. The summed E-state index contributed by atoms with van der Waals surface area (Å²) >= 11 is 0. The fraction of sp³-hybridized carbons (Fsp3) is 0.357. The number of unbranched alkanes of at least 4 members (excludes halogenated alkanes) is 1. The number of rotatable bonds is 5. The molecule has 0 fully saturated rings. The van der Waals surface area contributed by atoms with Gasteiger partial charge in [0.25, 0.3) is 0 Å². The molecule has 0 aliphatic carbocycles. The number of hydrogen-bond donors (Lipinski definition) is 1. The smallest absolute Gasteiger partial charge is 0.152 e. The molecule has 1 N–H and O–H groups in total. The zero-order valence-electron chi connectivity index (χ0n) is 10.2. The van der Waals surface area contributed by atoms with Crippen molar-refractivity contribution in [2.24, 2.45) is 0 Å². The number of hydrogen-bond acceptors (Lipinski definition) is 2. The minimum absolute atomic E-state index is 0.723. The summed E-state index contributed by atoms with van der Waals surface area (Å²) in [6.07, 6.45) is 3.06. The summed E-state index contributed by atoms with van der Waals surface area (Å²) in [7, 11) is 0. The highest BCUT2D eigenvalue weighted by molar-refractivity contribution is 5.99. The lowest BCUT2D eigenvalue weighted by molar-refractivity contribution is 0.112. The van der Waals surface area contributed by atoms with Crippen LogP contribution in [0.3, 0.4) is 0 Å². The van der Waals surface area contributed by atoms with Crippen molar-refractivity contribution < 1.29 is 9.53 Å². The second-order valence-corrected chi connectivity index (χ2v) is 4.19. The van der Waals surface area contributed by atoms with Gasteiger partial charge in [-0.1, -0.05) is 13.3 Å². The number of H-pyrrole nitrogens is 1. The molecule has 0 aliphatic heterocycles. The van der Waals surface area contributed by atoms with E-state index >= 15 is 0 Å². The number of aryl methyl sites for hydroxylation is 1. The molecular formula is C14H17NO2. The molecule has 0 saturated heterocycles. The number of carbonyl (C=O) groups excluding carboxylic acids is 1. The number of carbonyl (C=O) groups is 1. The largest absolute Gasteiger partial charge is 0.494 e. The molecule has 3 nitrogen and oxygen atoms in total. The van der Waals surface area contributed by atoms with E-state index in [2.05, 4.69) is 11.9 Å². The summed E-state index contributed by atoms with van der Waals surface area (Å²) in [5, 5.41) is 0.937. The van der Waals surface area contributed by atoms with Crippen LogP contribution in [0.15, 0.2) is 18.2 Å². The molecule has 0 bridgehead atoms. The molecule has 1 heterocycles. The Labute approximate surface area is 101 Å². The van der Waals surface area contributed by atoms with Crippen molar-refractivity contribution >= 4 is 17.2 Å². The third-order valence-electron chi connectivity index (χ3n) is 2.89. The van der Waals surface area contributed by atoms with Crippen LogP contribution in [0.5, 0.6) is 5.75 Å². The molecule has 1 aromatic heterocycles. The van der Waals surface area contributed by atoms with Gasteiger partial charge < -0.3 is 9.72 Å². The molecule has 17 heavy (non-hydrogen) atoms. The van der Waals surface area contributed by atoms with Gasteiger partial charge in [0.1, 0.15) is 5.75 Å². The molecular weight excluding hydrogens is 214 g/mol. The van der Waals surface area contributed by atoms with Gasteiger partial charge in [0.15, 0.2) is 6.29 Å². The third kappa shape index (κ3) is 2.33. The quantitative estimate of drug-likeness (QED) is 0.632. The van der Waals surface area contributed by atoms with Gasteiger partial charge in [0.2, 0.25) is 0 Å². The lowest BCUT2D eigenvalue weighted by atomic mass is 10.1. The number of aromatic amines is 1. The summed E-state index contributed by atoms with van der Waals surface area (Å²) in [5.41, 5.74) is 2.61. The first-order chi connectivity index (χ1) is 8.26. The molecule has 2 aromatic rings. The number of nitrogens with one attached hydrogen (secondary N) is 1. The van der Waals surface area contributed by atoms with E-state index in [-0.39, 0.29) is 0 Å². The number of aromatic nitrogens is 1. The Morgan fingerprint density at radius 3 is 2.94 bits per heavy atom. The maximum atomic E-state index is 11.0. The third-order valence-corrected chi connectivity index (χ3v) is 2.89. The minimum atomic E-state index is 0.723. The molecule has 2 rings (SSSR count). The van der Waals surface area contributed by atoms with Crippen LogP contribution in [0.1, 0.15) is 35.8 Å². The molecule has 0 amide bonds. The van der Waals surface area contributed by atoms with E-state index in [9.17, 15) is 4.79 Å². The van der Waals surface area contributed by atoms with E-state index in [1.54, 1.807) is 0 Å². The van der Waals surface area contributed by atoms with Gasteiger partial charge in [-0.25, -0.2) is 0 Å². The lowest BCUT2D eigenvalue weighted by Crippen LogP contribution is -1.96. The summed E-state index contributed by atoms with van der Waals surface area (Å²) in [6, 6.07) is 5.82. The zero-order chi connectivity index (χ0) is 12.3. The zero-order valence-corrected chi connectivity index (χ0v) is 10.2. The molecule has 1 aromatic carbocycles. The van der Waals surface area contributed by atoms with E-state index < -0.39 is 0 Å². The Hall–Kier alpha value is -1.77. The topological polar surface area (TPSA) is 42.1 Å². The monoisotopic (exact) mass is 231 g/mol. The van der Waals surface area contributed by atoms with Crippen molar-refractivity contribution in [3.8, 4) is 5.75 Å². The van der Waals surface area contributed by atoms with Crippen molar-refractivity contribution in [2.75, 3.05) is 6.61 Å². The van der Waals surface area contributed by atoms with Crippen LogP contribution in [0.25, 0.3) is 10.9 Å². The molecule has 3 heteroatoms. The van der Waals surface area contributed by atoms with Gasteiger partial charge in [-0.3, -0.25) is 4.79 Å². The predicted octanol–water partition coefficient (Wildman–Crippen LogP) is 3.47. The van der Waals surface area contributed by atoms with Crippen LogP contribution in [-0.4, -0.2) is 17.9 Å². The van der Waals surface area contributed by atoms with Gasteiger partial charge in [0.05, 0.1) is 6.61 Å². The molecule has 0 spiro atoms. The SMILES string of the molecule is CCCCOc1ccc2[nH]c(C)c(C=O)c2c1. The number of aldehydes is 1. The average molecular weight is 231 g/mol. The molecule has 0 atom stereocenters. The Morgan fingerprint density at radius 2 is 2.24 bits per heavy atom. The lowest BCUT2D eigenvalue weighted by Gasteiger charge is -2.05. The maximum Gasteiger partial charge on any atom is 0.152 e. The first-order valence-corrected chi connectivity index (χ1v) is 5.96. The van der Waals surface area contributed by atoms with Crippen molar-refractivity contribution in [1.29, 1.82) is 0 Å². The van der Waals surface area contributed by atoms with Crippen LogP contribution >= 0.6 is 0 Å². The van der Waals surface area contributed by atoms with Gasteiger partial charge in [-0.2, -0.15) is 0 Å². The van der Waals surface area contributed by atoms with Crippen LogP contribution in [0, 0.1) is 6.92 Å². The van der Waals surface area contributed by atoms with Crippen molar-refractivity contribution in [3.05, 3.63) is 29.5 Å². The normalized spacial score (nSPS) is 10.7. The predicted molar refractivity (Wildman–Crippen MR) is 68.8 cm³/mol. The summed E-state index contributed by atoms with van der Waals surface area (Å²) < 4.78 is 5.63. The molecule has 0 saturated carbocycles. The van der Waals surface area contributed by atoms with E-state index in [4.69, 9.17) is 4.74 Å². The number of fused-ring (bicyclic) bond motifs is 1. The second kappa shape index (κ2) is 5.04. The number of ether oxygens (including phenoxy) is 1. The second-order valence-electron chi connectivity index (χ2n) is 4.19. The van der Waals surface area contributed by atoms with Gasteiger partial charge in [-0.05, 0) is 31.5 Å². The Balaban J connectivity index is 2.31. The fourth-order valence-corrected chi connectivity index (χ4v) is 1.90. The van der Waals surface area contributed by atoms with Crippen LogP contribution in [0.4, 0.5) is 0 Å². The minimum Gasteiger partial charge on any atom is -0.494 e. The van der Waals surface area contributed by atoms with E-state index in [1.165, 1.54) is 0 Å². The van der Waals surface area contributed by atoms with Gasteiger partial charge >= 0.3 is 0 Å². The Kier molecular flexibility index (Phi) is 3.47. The van der Waals surface area contributed by atoms with Crippen LogP contribution in [0.2, 0.25) is 0 Å². The number of benzene rings is 1.